The first kappa shape index (κ1) is 15.0. The summed E-state index contributed by atoms with van der Waals surface area (Å²) >= 11 is 0. The van der Waals surface area contributed by atoms with E-state index in [-0.39, 0.29) is 58.7 Å². The third-order valence-electron chi connectivity index (χ3n) is 4.08. The second kappa shape index (κ2) is 5.39. The molecule has 0 saturated heterocycles. The van der Waals surface area contributed by atoms with Gasteiger partial charge in [0, 0.05) is 17.7 Å². The Morgan fingerprint density at radius 3 is 2.57 bits per heavy atom. The lowest BCUT2D eigenvalue weighted by Gasteiger charge is -2.26. The fourth-order valence-corrected chi connectivity index (χ4v) is 2.69. The van der Waals surface area contributed by atoms with Gasteiger partial charge in [0.1, 0.15) is 34.3 Å². The van der Waals surface area contributed by atoms with E-state index in [1.165, 1.54) is 31.2 Å². The van der Waals surface area contributed by atoms with Crippen molar-refractivity contribution in [3.63, 3.8) is 0 Å². The maximum atomic E-state index is 12.6. The summed E-state index contributed by atoms with van der Waals surface area (Å²) in [4.78, 5) is 12.6. The molecule has 0 amide bonds. The van der Waals surface area contributed by atoms with Crippen LogP contribution in [-0.4, -0.2) is 32.8 Å². The molecule has 0 fully saturated rings. The van der Waals surface area contributed by atoms with Crippen molar-refractivity contribution in [3.05, 3.63) is 41.0 Å². The van der Waals surface area contributed by atoms with Crippen LogP contribution in [0.4, 0.5) is 0 Å². The van der Waals surface area contributed by atoms with E-state index in [2.05, 4.69) is 0 Å². The monoisotopic (exact) mass is 316 g/mol. The zero-order chi connectivity index (χ0) is 16.7. The largest absolute Gasteiger partial charge is 0.508 e. The second-order valence-corrected chi connectivity index (χ2v) is 5.63. The van der Waals surface area contributed by atoms with Crippen molar-refractivity contribution in [3.8, 4) is 28.7 Å². The van der Waals surface area contributed by atoms with Crippen LogP contribution in [-0.2, 0) is 6.42 Å². The van der Waals surface area contributed by atoms with E-state index < -0.39 is 5.92 Å². The van der Waals surface area contributed by atoms with Gasteiger partial charge >= 0.3 is 0 Å². The Hall–Kier alpha value is -2.89. The van der Waals surface area contributed by atoms with Gasteiger partial charge in [0.25, 0.3) is 0 Å². The van der Waals surface area contributed by atoms with Crippen LogP contribution in [0.5, 0.6) is 28.7 Å². The van der Waals surface area contributed by atoms with Gasteiger partial charge in [-0.25, -0.2) is 0 Å². The fourth-order valence-electron chi connectivity index (χ4n) is 2.69. The van der Waals surface area contributed by atoms with E-state index in [1.54, 1.807) is 0 Å². The van der Waals surface area contributed by atoms with Crippen molar-refractivity contribution in [1.29, 1.82) is 0 Å². The first-order valence-electron chi connectivity index (χ1n) is 7.12. The van der Waals surface area contributed by atoms with E-state index in [1.807, 2.05) is 0 Å². The van der Waals surface area contributed by atoms with Crippen LogP contribution >= 0.6 is 0 Å². The molecule has 1 unspecified atom stereocenters. The van der Waals surface area contributed by atoms with E-state index in [0.717, 1.165) is 0 Å². The highest BCUT2D eigenvalue weighted by Crippen LogP contribution is 2.41. The Bertz CT molecular complexity index is 796. The molecule has 23 heavy (non-hydrogen) atoms. The van der Waals surface area contributed by atoms with Crippen LogP contribution in [0.15, 0.2) is 24.3 Å². The summed E-state index contributed by atoms with van der Waals surface area (Å²) in [6.45, 7) is 1.59. The number of carbonyl (C=O) groups is 1. The predicted octanol–water partition coefficient (Wildman–Crippen LogP) is 2.25. The lowest BCUT2D eigenvalue weighted by molar-refractivity contribution is 0.0825. The van der Waals surface area contributed by atoms with Crippen LogP contribution in [0, 0.1) is 12.8 Å². The van der Waals surface area contributed by atoms with Crippen molar-refractivity contribution in [2.75, 3.05) is 6.61 Å². The van der Waals surface area contributed by atoms with Gasteiger partial charge < -0.3 is 25.2 Å². The fraction of sp³-hybridized carbons (Fsp3) is 0.235. The van der Waals surface area contributed by atoms with Crippen LogP contribution in [0.25, 0.3) is 0 Å². The molecule has 6 heteroatoms. The molecule has 120 valence electrons. The number of Topliss-reactive ketones (excluding diaryl/α,β-unsaturated/α-hetero) is 1. The van der Waals surface area contributed by atoms with Crippen LogP contribution < -0.4 is 4.74 Å². The Morgan fingerprint density at radius 1 is 1.13 bits per heavy atom. The van der Waals surface area contributed by atoms with Crippen molar-refractivity contribution in [2.45, 2.75) is 13.3 Å². The summed E-state index contributed by atoms with van der Waals surface area (Å²) in [5.74, 6) is -1.32. The van der Waals surface area contributed by atoms with Crippen LogP contribution in [0.3, 0.4) is 0 Å². The number of hydrogen-bond donors (Lipinski definition) is 4. The molecule has 0 aromatic heterocycles. The molecule has 0 bridgehead atoms. The highest BCUT2D eigenvalue weighted by atomic mass is 16.5. The van der Waals surface area contributed by atoms with Crippen LogP contribution in [0.1, 0.15) is 21.5 Å². The molecule has 1 heterocycles. The molecule has 0 radical (unpaired) electrons. The number of ether oxygens (including phenoxy) is 1. The van der Waals surface area contributed by atoms with Gasteiger partial charge in [-0.15, -0.1) is 0 Å². The smallest absolute Gasteiger partial charge is 0.177 e. The number of fused-ring (bicyclic) bond motifs is 1. The summed E-state index contributed by atoms with van der Waals surface area (Å²) in [7, 11) is 0. The third-order valence-corrected chi connectivity index (χ3v) is 4.08. The molecule has 6 nitrogen and oxygen atoms in total. The molecule has 0 spiro atoms. The molecule has 1 aliphatic heterocycles. The van der Waals surface area contributed by atoms with Gasteiger partial charge in [-0.2, -0.15) is 0 Å². The summed E-state index contributed by atoms with van der Waals surface area (Å²) in [5.41, 5.74) is 0.770. The third kappa shape index (κ3) is 2.52. The van der Waals surface area contributed by atoms with Gasteiger partial charge in [-0.05, 0) is 25.0 Å². The molecule has 2 aromatic carbocycles. The SMILES string of the molecule is Cc1c(O)cc2c(c1O)C(=O)C(Cc1ccc(O)cc1O)CO2. The highest BCUT2D eigenvalue weighted by Gasteiger charge is 2.33. The lowest BCUT2D eigenvalue weighted by atomic mass is 9.88. The van der Waals surface area contributed by atoms with Crippen molar-refractivity contribution in [1.82, 2.24) is 0 Å². The maximum Gasteiger partial charge on any atom is 0.177 e. The summed E-state index contributed by atoms with van der Waals surface area (Å²) < 4.78 is 5.49. The van der Waals surface area contributed by atoms with E-state index >= 15 is 0 Å². The lowest BCUT2D eigenvalue weighted by Crippen LogP contribution is -2.29. The van der Waals surface area contributed by atoms with Gasteiger partial charge in [0.2, 0.25) is 0 Å². The molecule has 3 rings (SSSR count). The minimum atomic E-state index is -0.576. The van der Waals surface area contributed by atoms with E-state index in [9.17, 15) is 25.2 Å². The summed E-state index contributed by atoms with van der Waals surface area (Å²) in [6.07, 6.45) is 0.212. The van der Waals surface area contributed by atoms with Crippen molar-refractivity contribution >= 4 is 5.78 Å². The van der Waals surface area contributed by atoms with Gasteiger partial charge in [0.15, 0.2) is 5.78 Å². The summed E-state index contributed by atoms with van der Waals surface area (Å²) in [6, 6.07) is 5.49. The number of phenols is 4. The molecular weight excluding hydrogens is 300 g/mol. The van der Waals surface area contributed by atoms with Gasteiger partial charge in [-0.3, -0.25) is 4.79 Å². The Balaban J connectivity index is 1.93. The first-order chi connectivity index (χ1) is 10.9. The number of aromatic hydroxyl groups is 4. The minimum absolute atomic E-state index is 0.0508. The minimum Gasteiger partial charge on any atom is -0.508 e. The number of hydrogen-bond acceptors (Lipinski definition) is 6. The number of ketones is 1. The molecular formula is C17H16O6. The molecule has 2 aromatic rings. The molecule has 4 N–H and O–H groups in total. The van der Waals surface area contributed by atoms with E-state index in [4.69, 9.17) is 4.74 Å². The zero-order valence-electron chi connectivity index (χ0n) is 12.4. The Morgan fingerprint density at radius 2 is 1.87 bits per heavy atom. The topological polar surface area (TPSA) is 107 Å². The maximum absolute atomic E-state index is 12.6. The van der Waals surface area contributed by atoms with E-state index in [0.29, 0.717) is 5.56 Å². The van der Waals surface area contributed by atoms with Gasteiger partial charge in [-0.1, -0.05) is 6.07 Å². The molecule has 0 saturated carbocycles. The molecule has 1 atom stereocenters. The van der Waals surface area contributed by atoms with Crippen molar-refractivity contribution < 1.29 is 30.0 Å². The summed E-state index contributed by atoms with van der Waals surface area (Å²) in [5, 5.41) is 39.0. The number of phenolic OH excluding ortho intramolecular Hbond substituents is 4. The van der Waals surface area contributed by atoms with Crippen LogP contribution in [0.2, 0.25) is 0 Å². The average Bonchev–Trinajstić information content (AvgIpc) is 2.50. The number of carbonyl (C=O) groups excluding carboxylic acids is 1. The average molecular weight is 316 g/mol. The second-order valence-electron chi connectivity index (χ2n) is 5.63. The molecule has 0 aliphatic carbocycles. The Labute approximate surface area is 132 Å². The standard InChI is InChI=1S/C17H16O6/c1-8-12(19)6-14-15(16(8)21)17(22)10(7-23-14)4-9-2-3-11(18)5-13(9)20/h2-3,5-6,10,18-21H,4,7H2,1H3. The zero-order valence-corrected chi connectivity index (χ0v) is 12.4. The van der Waals surface area contributed by atoms with Gasteiger partial charge in [0.05, 0.1) is 12.5 Å². The molecule has 1 aliphatic rings. The highest BCUT2D eigenvalue weighted by molar-refractivity contribution is 6.04. The number of benzene rings is 2. The van der Waals surface area contributed by atoms with Crippen molar-refractivity contribution in [2.24, 2.45) is 5.92 Å². The normalized spacial score (nSPS) is 16.7. The predicted molar refractivity (Wildman–Crippen MR) is 81.3 cm³/mol. The quantitative estimate of drug-likeness (QED) is 0.677. The number of rotatable bonds is 2. The Kier molecular flexibility index (Phi) is 3.52. The first-order valence-corrected chi connectivity index (χ1v) is 7.12.